The van der Waals surface area contributed by atoms with Crippen molar-refractivity contribution < 1.29 is 9.67 Å². The fourth-order valence-corrected chi connectivity index (χ4v) is 3.31. The van der Waals surface area contributed by atoms with E-state index >= 15 is 0 Å². The van der Waals surface area contributed by atoms with Gasteiger partial charge in [-0.1, -0.05) is 48.0 Å². The average Bonchev–Trinajstić information content (AvgIpc) is 2.97. The summed E-state index contributed by atoms with van der Waals surface area (Å²) >= 11 is 0. The average molecular weight is 307 g/mol. The minimum Gasteiger partial charge on any atom is -0.392 e. The van der Waals surface area contributed by atoms with Gasteiger partial charge >= 0.3 is 0 Å². The van der Waals surface area contributed by atoms with E-state index in [0.29, 0.717) is 0 Å². The van der Waals surface area contributed by atoms with Crippen LogP contribution in [0.4, 0.5) is 0 Å². The molecule has 0 spiro atoms. The molecule has 0 aliphatic heterocycles. The van der Waals surface area contributed by atoms with E-state index in [-0.39, 0.29) is 12.6 Å². The molecule has 3 rings (SSSR count). The van der Waals surface area contributed by atoms with Gasteiger partial charge in [-0.15, -0.1) is 0 Å². The van der Waals surface area contributed by atoms with Crippen molar-refractivity contribution in [3.05, 3.63) is 83.4 Å². The van der Waals surface area contributed by atoms with Gasteiger partial charge in [0.05, 0.1) is 6.61 Å². The Morgan fingerprint density at radius 2 is 1.70 bits per heavy atom. The van der Waals surface area contributed by atoms with Crippen molar-refractivity contribution in [2.24, 2.45) is 0 Å². The Bertz CT molecular complexity index is 783. The summed E-state index contributed by atoms with van der Waals surface area (Å²) in [4.78, 5) is 0. The van der Waals surface area contributed by atoms with Crippen LogP contribution in [0.5, 0.6) is 0 Å². The molecule has 0 unspecified atom stereocenters. The Kier molecular flexibility index (Phi) is 4.30. The predicted molar refractivity (Wildman–Crippen MR) is 91.8 cm³/mol. The third-order valence-electron chi connectivity index (χ3n) is 4.27. The lowest BCUT2D eigenvalue weighted by molar-refractivity contribution is -0.714. The number of aromatic nitrogens is 2. The van der Waals surface area contributed by atoms with Crippen LogP contribution in [0.25, 0.3) is 5.69 Å². The first-order valence-electron chi connectivity index (χ1n) is 7.93. The highest BCUT2D eigenvalue weighted by Crippen LogP contribution is 2.21. The minimum absolute atomic E-state index is 0.0662. The Labute approximate surface area is 137 Å². The van der Waals surface area contributed by atoms with E-state index in [1.165, 1.54) is 22.4 Å². The lowest BCUT2D eigenvalue weighted by Crippen LogP contribution is -2.40. The predicted octanol–water partition coefficient (Wildman–Crippen LogP) is 3.27. The van der Waals surface area contributed by atoms with Crippen molar-refractivity contribution in [3.63, 3.8) is 0 Å². The van der Waals surface area contributed by atoms with Gasteiger partial charge in [-0.3, -0.25) is 0 Å². The Morgan fingerprint density at radius 1 is 1.04 bits per heavy atom. The van der Waals surface area contributed by atoms with Crippen molar-refractivity contribution in [2.75, 3.05) is 6.61 Å². The first kappa shape index (κ1) is 15.5. The van der Waals surface area contributed by atoms with Crippen LogP contribution in [-0.4, -0.2) is 16.3 Å². The molecular formula is C20H23N2O+. The molecule has 1 aromatic heterocycles. The van der Waals surface area contributed by atoms with Crippen LogP contribution in [0.15, 0.2) is 61.2 Å². The maximum absolute atomic E-state index is 9.83. The second-order valence-electron chi connectivity index (χ2n) is 6.12. The van der Waals surface area contributed by atoms with Crippen molar-refractivity contribution >= 4 is 0 Å². The molecule has 1 N–H and O–H groups in total. The van der Waals surface area contributed by atoms with Crippen molar-refractivity contribution in [2.45, 2.75) is 26.8 Å². The zero-order valence-electron chi connectivity index (χ0n) is 13.9. The Morgan fingerprint density at radius 3 is 2.30 bits per heavy atom. The molecule has 0 aliphatic rings. The van der Waals surface area contributed by atoms with Gasteiger partial charge in [0.2, 0.25) is 6.33 Å². The lowest BCUT2D eigenvalue weighted by atomic mass is 10.1. The largest absolute Gasteiger partial charge is 0.392 e. The van der Waals surface area contributed by atoms with Crippen molar-refractivity contribution in [1.29, 1.82) is 0 Å². The first-order chi connectivity index (χ1) is 11.1. The molecule has 23 heavy (non-hydrogen) atoms. The number of aliphatic hydroxyl groups is 1. The van der Waals surface area contributed by atoms with Gasteiger partial charge in [-0.05, 0) is 37.5 Å². The summed E-state index contributed by atoms with van der Waals surface area (Å²) < 4.78 is 4.20. The number of hydrogen-bond donors (Lipinski definition) is 1. The van der Waals surface area contributed by atoms with Crippen LogP contribution in [0.3, 0.4) is 0 Å². The molecule has 1 heterocycles. The topological polar surface area (TPSA) is 29.0 Å². The van der Waals surface area contributed by atoms with Gasteiger partial charge < -0.3 is 5.11 Å². The number of imidazole rings is 1. The third-order valence-corrected chi connectivity index (χ3v) is 4.27. The second-order valence-corrected chi connectivity index (χ2v) is 6.12. The molecule has 118 valence electrons. The molecule has 0 amide bonds. The van der Waals surface area contributed by atoms with Gasteiger partial charge in [0, 0.05) is 0 Å². The van der Waals surface area contributed by atoms with E-state index in [4.69, 9.17) is 0 Å². The van der Waals surface area contributed by atoms with Crippen molar-refractivity contribution in [1.82, 2.24) is 4.57 Å². The Hall–Kier alpha value is -2.39. The quantitative estimate of drug-likeness (QED) is 0.736. The van der Waals surface area contributed by atoms with Crippen molar-refractivity contribution in [3.8, 4) is 5.69 Å². The molecule has 0 saturated carbocycles. The number of rotatable bonds is 4. The van der Waals surface area contributed by atoms with Crippen LogP contribution < -0.4 is 4.57 Å². The summed E-state index contributed by atoms with van der Waals surface area (Å²) in [5, 5.41) is 9.83. The van der Waals surface area contributed by atoms with E-state index in [9.17, 15) is 5.11 Å². The van der Waals surface area contributed by atoms with Gasteiger partial charge in [-0.2, -0.15) is 0 Å². The molecule has 0 aliphatic carbocycles. The second kappa shape index (κ2) is 6.39. The number of aryl methyl sites for hydroxylation is 3. The molecule has 2 aromatic carbocycles. The Balaban J connectivity index is 2.01. The highest BCUT2D eigenvalue weighted by Gasteiger charge is 2.20. The zero-order valence-corrected chi connectivity index (χ0v) is 13.9. The molecule has 3 aromatic rings. The fourth-order valence-electron chi connectivity index (χ4n) is 3.31. The standard InChI is InChI=1S/C20H23N2O/c1-15-11-16(2)20(17(3)12-15)22-10-9-21(14-22)19(13-23)18-7-5-4-6-8-18/h4-12,14,19,23H,13H2,1-3H3/q+1/t19-/m0/s1. The van der Waals surface area contributed by atoms with Crippen LogP contribution >= 0.6 is 0 Å². The van der Waals surface area contributed by atoms with Gasteiger partial charge in [-0.25, -0.2) is 9.13 Å². The number of aliphatic hydroxyl groups excluding tert-OH is 1. The molecule has 0 radical (unpaired) electrons. The molecule has 0 fully saturated rings. The molecule has 3 heteroatoms. The smallest absolute Gasteiger partial charge is 0.249 e. The number of hydrogen-bond acceptors (Lipinski definition) is 1. The third kappa shape index (κ3) is 3.06. The molecule has 0 bridgehead atoms. The molecular weight excluding hydrogens is 284 g/mol. The summed E-state index contributed by atoms with van der Waals surface area (Å²) in [6.07, 6.45) is 6.13. The zero-order chi connectivity index (χ0) is 16.4. The lowest BCUT2D eigenvalue weighted by Gasteiger charge is -2.11. The SMILES string of the molecule is Cc1cc(C)c(-n2cc[n+]([C@@H](CO)c3ccccc3)c2)c(C)c1. The first-order valence-corrected chi connectivity index (χ1v) is 7.93. The monoisotopic (exact) mass is 307 g/mol. The van der Waals surface area contributed by atoms with Gasteiger partial charge in [0.1, 0.15) is 24.1 Å². The normalized spacial score (nSPS) is 12.3. The number of nitrogens with zero attached hydrogens (tertiary/aromatic N) is 2. The van der Waals surface area contributed by atoms with Crippen LogP contribution in [0.2, 0.25) is 0 Å². The van der Waals surface area contributed by atoms with E-state index in [2.05, 4.69) is 54.6 Å². The van der Waals surface area contributed by atoms with Crippen LogP contribution in [0.1, 0.15) is 28.3 Å². The molecule has 0 saturated heterocycles. The van der Waals surface area contributed by atoms with Gasteiger partial charge in [0.15, 0.2) is 0 Å². The summed E-state index contributed by atoms with van der Waals surface area (Å²) in [6, 6.07) is 14.4. The molecule has 3 nitrogen and oxygen atoms in total. The van der Waals surface area contributed by atoms with E-state index in [1.807, 2.05) is 36.5 Å². The maximum Gasteiger partial charge on any atom is 0.249 e. The minimum atomic E-state index is -0.0662. The van der Waals surface area contributed by atoms with Crippen LogP contribution in [-0.2, 0) is 0 Å². The van der Waals surface area contributed by atoms with E-state index in [1.54, 1.807) is 0 Å². The van der Waals surface area contributed by atoms with E-state index < -0.39 is 0 Å². The summed E-state index contributed by atoms with van der Waals surface area (Å²) in [5.41, 5.74) is 6.10. The summed E-state index contributed by atoms with van der Waals surface area (Å²) in [5.74, 6) is 0. The highest BCUT2D eigenvalue weighted by molar-refractivity contribution is 5.48. The summed E-state index contributed by atoms with van der Waals surface area (Å²) in [7, 11) is 0. The maximum atomic E-state index is 9.83. The highest BCUT2D eigenvalue weighted by atomic mass is 16.3. The van der Waals surface area contributed by atoms with Crippen LogP contribution in [0, 0.1) is 20.8 Å². The number of benzene rings is 2. The molecule has 1 atom stereocenters. The van der Waals surface area contributed by atoms with E-state index in [0.717, 1.165) is 5.56 Å². The van der Waals surface area contributed by atoms with Gasteiger partial charge in [0.25, 0.3) is 0 Å². The fraction of sp³-hybridized carbons (Fsp3) is 0.250. The summed E-state index contributed by atoms with van der Waals surface area (Å²) in [6.45, 7) is 6.47.